The molecular weight excluding hydrogens is 204 g/mol. The van der Waals surface area contributed by atoms with Crippen LogP contribution in [0.25, 0.3) is 0 Å². The summed E-state index contributed by atoms with van der Waals surface area (Å²) in [6.07, 6.45) is 3.02. The van der Waals surface area contributed by atoms with Gasteiger partial charge in [0.05, 0.1) is 6.07 Å². The number of nitrogens with zero attached hydrogens (tertiary/aromatic N) is 2. The van der Waals surface area contributed by atoms with Gasteiger partial charge in [-0.1, -0.05) is 0 Å². The zero-order chi connectivity index (χ0) is 12.2. The Balaban J connectivity index is 2.51. The fraction of sp³-hybridized carbons (Fsp3) is 0.833. The molecule has 0 N–H and O–H groups in total. The molecule has 0 bridgehead atoms. The molecule has 0 radical (unpaired) electrons. The lowest BCUT2D eigenvalue weighted by Crippen LogP contribution is -2.39. The molecule has 0 aromatic rings. The molecule has 1 aliphatic heterocycles. The van der Waals surface area contributed by atoms with Crippen molar-refractivity contribution in [3.05, 3.63) is 0 Å². The molecule has 0 spiro atoms. The normalized spacial score (nSPS) is 20.6. The monoisotopic (exact) mass is 224 g/mol. The van der Waals surface area contributed by atoms with Crippen LogP contribution < -0.4 is 0 Å². The number of nitriles is 1. The van der Waals surface area contributed by atoms with E-state index in [0.717, 1.165) is 25.8 Å². The maximum atomic E-state index is 11.9. The van der Waals surface area contributed by atoms with Gasteiger partial charge in [0.15, 0.2) is 0 Å². The van der Waals surface area contributed by atoms with Crippen LogP contribution in [0, 0.1) is 11.3 Å². The van der Waals surface area contributed by atoms with Crippen molar-refractivity contribution in [2.75, 3.05) is 6.54 Å². The molecule has 0 aromatic heterocycles. The minimum Gasteiger partial charge on any atom is -0.444 e. The van der Waals surface area contributed by atoms with Crippen LogP contribution in [0.5, 0.6) is 0 Å². The van der Waals surface area contributed by atoms with E-state index >= 15 is 0 Å². The molecule has 1 aliphatic rings. The van der Waals surface area contributed by atoms with E-state index in [1.54, 1.807) is 4.90 Å². The van der Waals surface area contributed by atoms with Crippen LogP contribution in [0.15, 0.2) is 0 Å². The lowest BCUT2D eigenvalue weighted by atomic mass is 10.1. The highest BCUT2D eigenvalue weighted by Crippen LogP contribution is 2.23. The van der Waals surface area contributed by atoms with Crippen molar-refractivity contribution >= 4 is 6.09 Å². The van der Waals surface area contributed by atoms with Crippen molar-refractivity contribution in [1.29, 1.82) is 5.26 Å². The third-order valence-electron chi connectivity index (χ3n) is 2.59. The van der Waals surface area contributed by atoms with Crippen molar-refractivity contribution in [3.63, 3.8) is 0 Å². The summed E-state index contributed by atoms with van der Waals surface area (Å²) in [6.45, 7) is 6.35. The molecule has 1 fully saturated rings. The third-order valence-corrected chi connectivity index (χ3v) is 2.59. The van der Waals surface area contributed by atoms with E-state index in [1.165, 1.54) is 0 Å². The van der Waals surface area contributed by atoms with Crippen molar-refractivity contribution < 1.29 is 9.53 Å². The molecule has 0 aromatic carbocycles. The van der Waals surface area contributed by atoms with E-state index in [1.807, 2.05) is 20.8 Å². The molecule has 90 valence electrons. The van der Waals surface area contributed by atoms with E-state index in [9.17, 15) is 4.79 Å². The second-order valence-corrected chi connectivity index (χ2v) is 5.17. The highest BCUT2D eigenvalue weighted by molar-refractivity contribution is 5.68. The van der Waals surface area contributed by atoms with Crippen LogP contribution in [0.4, 0.5) is 4.79 Å². The van der Waals surface area contributed by atoms with Gasteiger partial charge < -0.3 is 9.64 Å². The van der Waals surface area contributed by atoms with Gasteiger partial charge >= 0.3 is 6.09 Å². The zero-order valence-electron chi connectivity index (χ0n) is 10.3. The van der Waals surface area contributed by atoms with Crippen LogP contribution in [0.2, 0.25) is 0 Å². The Morgan fingerprint density at radius 1 is 1.56 bits per heavy atom. The van der Waals surface area contributed by atoms with Crippen LogP contribution in [0.3, 0.4) is 0 Å². The fourth-order valence-corrected chi connectivity index (χ4v) is 1.93. The highest BCUT2D eigenvalue weighted by Gasteiger charge is 2.31. The molecule has 1 atom stereocenters. The summed E-state index contributed by atoms with van der Waals surface area (Å²) in [7, 11) is 0. The third kappa shape index (κ3) is 3.73. The van der Waals surface area contributed by atoms with Gasteiger partial charge in [-0.2, -0.15) is 5.26 Å². The number of rotatable bonds is 2. The Labute approximate surface area is 97.2 Å². The topological polar surface area (TPSA) is 53.3 Å². The molecule has 4 heteroatoms. The molecule has 4 nitrogen and oxygen atoms in total. The molecule has 0 saturated carbocycles. The van der Waals surface area contributed by atoms with Crippen molar-refractivity contribution in [1.82, 2.24) is 4.90 Å². The number of hydrogen-bond acceptors (Lipinski definition) is 3. The van der Waals surface area contributed by atoms with E-state index in [4.69, 9.17) is 10.00 Å². The summed E-state index contributed by atoms with van der Waals surface area (Å²) in [5.41, 5.74) is -0.445. The van der Waals surface area contributed by atoms with E-state index in [0.29, 0.717) is 6.42 Å². The molecule has 1 amide bonds. The largest absolute Gasteiger partial charge is 0.444 e. The Bertz CT molecular complexity index is 288. The van der Waals surface area contributed by atoms with Crippen LogP contribution in [0.1, 0.15) is 46.5 Å². The Kier molecular flexibility index (Phi) is 4.17. The number of amides is 1. The summed E-state index contributed by atoms with van der Waals surface area (Å²) < 4.78 is 5.34. The molecule has 0 aliphatic carbocycles. The Hall–Kier alpha value is -1.24. The van der Waals surface area contributed by atoms with E-state index < -0.39 is 5.60 Å². The number of likely N-dealkylation sites (tertiary alicyclic amines) is 1. The van der Waals surface area contributed by atoms with Crippen molar-refractivity contribution in [3.8, 4) is 6.07 Å². The average Bonchev–Trinajstić information content (AvgIpc) is 2.59. The number of carbonyl (C=O) groups is 1. The van der Waals surface area contributed by atoms with Crippen molar-refractivity contribution in [2.45, 2.75) is 58.1 Å². The zero-order valence-corrected chi connectivity index (χ0v) is 10.3. The number of carbonyl (C=O) groups excluding carboxylic acids is 1. The maximum absolute atomic E-state index is 11.9. The van der Waals surface area contributed by atoms with Gasteiger partial charge in [0.2, 0.25) is 0 Å². The van der Waals surface area contributed by atoms with Crippen LogP contribution >= 0.6 is 0 Å². The first-order valence-electron chi connectivity index (χ1n) is 5.80. The molecule has 1 heterocycles. The first kappa shape index (κ1) is 12.8. The molecule has 16 heavy (non-hydrogen) atoms. The Morgan fingerprint density at radius 3 is 2.81 bits per heavy atom. The average molecular weight is 224 g/mol. The minimum atomic E-state index is -0.445. The van der Waals surface area contributed by atoms with Gasteiger partial charge in [0, 0.05) is 19.0 Å². The van der Waals surface area contributed by atoms with Gasteiger partial charge in [-0.15, -0.1) is 0 Å². The van der Waals surface area contributed by atoms with Gasteiger partial charge in [0.1, 0.15) is 5.60 Å². The van der Waals surface area contributed by atoms with Gasteiger partial charge in [-0.25, -0.2) is 4.79 Å². The molecule has 1 rings (SSSR count). The second-order valence-electron chi connectivity index (χ2n) is 5.17. The summed E-state index contributed by atoms with van der Waals surface area (Å²) >= 11 is 0. The molecular formula is C12H20N2O2. The minimum absolute atomic E-state index is 0.189. The smallest absolute Gasteiger partial charge is 0.410 e. The van der Waals surface area contributed by atoms with E-state index in [-0.39, 0.29) is 12.1 Å². The van der Waals surface area contributed by atoms with Gasteiger partial charge in [0.25, 0.3) is 0 Å². The predicted octanol–water partition coefficient (Wildman–Crippen LogP) is 2.69. The van der Waals surface area contributed by atoms with Crippen LogP contribution in [-0.4, -0.2) is 29.2 Å². The SMILES string of the molecule is CC(C)(C)OC(=O)N1CCCC1CCC#N. The Morgan fingerprint density at radius 2 is 2.25 bits per heavy atom. The maximum Gasteiger partial charge on any atom is 0.410 e. The second kappa shape index (κ2) is 5.20. The van der Waals surface area contributed by atoms with Crippen LogP contribution in [-0.2, 0) is 4.74 Å². The number of ether oxygens (including phenoxy) is 1. The standard InChI is InChI=1S/C12H20N2O2/c1-12(2,3)16-11(15)14-9-5-7-10(14)6-4-8-13/h10H,4-7,9H2,1-3H3. The summed E-state index contributed by atoms with van der Waals surface area (Å²) in [6, 6.07) is 2.31. The van der Waals surface area contributed by atoms with Gasteiger partial charge in [-0.05, 0) is 40.0 Å². The van der Waals surface area contributed by atoms with Crippen molar-refractivity contribution in [2.24, 2.45) is 0 Å². The summed E-state index contributed by atoms with van der Waals surface area (Å²) in [5, 5.41) is 8.55. The first-order chi connectivity index (χ1) is 7.44. The van der Waals surface area contributed by atoms with E-state index in [2.05, 4.69) is 6.07 Å². The predicted molar refractivity (Wildman–Crippen MR) is 60.8 cm³/mol. The fourth-order valence-electron chi connectivity index (χ4n) is 1.93. The quantitative estimate of drug-likeness (QED) is 0.724. The first-order valence-corrected chi connectivity index (χ1v) is 5.80. The lowest BCUT2D eigenvalue weighted by molar-refractivity contribution is 0.0221. The summed E-state index contributed by atoms with van der Waals surface area (Å²) in [4.78, 5) is 13.6. The van der Waals surface area contributed by atoms with Gasteiger partial charge in [-0.3, -0.25) is 0 Å². The summed E-state index contributed by atoms with van der Waals surface area (Å²) in [5.74, 6) is 0. The molecule has 1 saturated heterocycles. The lowest BCUT2D eigenvalue weighted by Gasteiger charge is -2.28. The molecule has 1 unspecified atom stereocenters. The number of hydrogen-bond donors (Lipinski definition) is 0. The highest BCUT2D eigenvalue weighted by atomic mass is 16.6.